The molecule has 0 heterocycles. The van der Waals surface area contributed by atoms with Crippen LogP contribution in [-0.4, -0.2) is 0 Å². The topological polar surface area (TPSA) is 0 Å². The van der Waals surface area contributed by atoms with Gasteiger partial charge in [-0.3, -0.25) is 0 Å². The number of hydrogen-bond acceptors (Lipinski definition) is 0. The lowest BCUT2D eigenvalue weighted by molar-refractivity contribution is 0.311. The van der Waals surface area contributed by atoms with E-state index in [4.69, 9.17) is 0 Å². The lowest BCUT2D eigenvalue weighted by Gasteiger charge is -2.28. The van der Waals surface area contributed by atoms with E-state index in [2.05, 4.69) is 31.2 Å². The molecule has 0 aliphatic heterocycles. The molecule has 1 fully saturated rings. The van der Waals surface area contributed by atoms with Crippen molar-refractivity contribution >= 4 is 0 Å². The van der Waals surface area contributed by atoms with E-state index in [-0.39, 0.29) is 0 Å². The maximum Gasteiger partial charge on any atom is 0.0827 e. The molecule has 110 valence electrons. The lowest BCUT2D eigenvalue weighted by Crippen LogP contribution is -2.13. The van der Waals surface area contributed by atoms with Gasteiger partial charge in [-0.15, -0.1) is 0 Å². The van der Waals surface area contributed by atoms with Crippen molar-refractivity contribution < 1.29 is 4.39 Å². The zero-order valence-electron chi connectivity index (χ0n) is 12.7. The van der Waals surface area contributed by atoms with Crippen LogP contribution in [0.1, 0.15) is 68.9 Å². The minimum absolute atomic E-state index is 0.684. The first-order chi connectivity index (χ1) is 9.83. The molecule has 20 heavy (non-hydrogen) atoms. The molecule has 1 aliphatic rings. The molecule has 1 aromatic carbocycles. The number of rotatable bonds is 6. The monoisotopic (exact) mass is 274 g/mol. The van der Waals surface area contributed by atoms with E-state index < -0.39 is 0 Å². The lowest BCUT2D eigenvalue weighted by atomic mass is 9.77. The number of halogens is 1. The molecule has 0 aromatic heterocycles. The third-order valence-corrected chi connectivity index (χ3v) is 4.67. The van der Waals surface area contributed by atoms with Gasteiger partial charge in [0.15, 0.2) is 0 Å². The third kappa shape index (κ3) is 4.47. The molecule has 1 aromatic rings. The minimum atomic E-state index is 0.684. The Hall–Kier alpha value is -1.11. The van der Waals surface area contributed by atoms with E-state index in [9.17, 15) is 4.39 Å². The Bertz CT molecular complexity index is 396. The highest BCUT2D eigenvalue weighted by Gasteiger charge is 2.21. The molecule has 0 amide bonds. The van der Waals surface area contributed by atoms with Gasteiger partial charge in [-0.2, -0.15) is 0 Å². The van der Waals surface area contributed by atoms with Crippen molar-refractivity contribution in [2.24, 2.45) is 5.92 Å². The standard InChI is InChI=1S/C19H27F/c1-2-5-16-7-11-18(12-8-16)19-13-9-17(10-14-19)6-3-4-15-20/h4,7-8,11-12,15,17,19H,2-3,5-6,9-10,13-14H2,1H3. The number of hydrogen-bond donors (Lipinski definition) is 0. The molecule has 0 atom stereocenters. The van der Waals surface area contributed by atoms with E-state index in [1.807, 2.05) is 0 Å². The normalized spacial score (nSPS) is 23.3. The summed E-state index contributed by atoms with van der Waals surface area (Å²) in [5, 5.41) is 0. The number of benzene rings is 1. The van der Waals surface area contributed by atoms with E-state index in [0.717, 1.165) is 24.7 Å². The average Bonchev–Trinajstić information content (AvgIpc) is 2.49. The molecule has 1 saturated carbocycles. The van der Waals surface area contributed by atoms with Crippen molar-refractivity contribution in [2.75, 3.05) is 0 Å². The van der Waals surface area contributed by atoms with Crippen molar-refractivity contribution in [1.82, 2.24) is 0 Å². The Morgan fingerprint density at radius 2 is 1.80 bits per heavy atom. The van der Waals surface area contributed by atoms with Crippen LogP contribution >= 0.6 is 0 Å². The van der Waals surface area contributed by atoms with Gasteiger partial charge in [-0.1, -0.05) is 43.7 Å². The van der Waals surface area contributed by atoms with Gasteiger partial charge in [0, 0.05) is 0 Å². The van der Waals surface area contributed by atoms with Crippen LogP contribution in [0, 0.1) is 5.92 Å². The maximum absolute atomic E-state index is 11.9. The highest BCUT2D eigenvalue weighted by Crippen LogP contribution is 2.37. The first-order valence-corrected chi connectivity index (χ1v) is 8.17. The van der Waals surface area contributed by atoms with Gasteiger partial charge in [-0.25, -0.2) is 4.39 Å². The van der Waals surface area contributed by atoms with Crippen LogP contribution in [0.5, 0.6) is 0 Å². The van der Waals surface area contributed by atoms with Crippen molar-refractivity contribution in [3.05, 3.63) is 47.8 Å². The molecule has 1 heteroatoms. The second-order valence-electron chi connectivity index (χ2n) is 6.15. The van der Waals surface area contributed by atoms with Crippen molar-refractivity contribution in [2.45, 2.75) is 64.2 Å². The van der Waals surface area contributed by atoms with Crippen LogP contribution in [0.25, 0.3) is 0 Å². The second kappa shape index (κ2) is 8.24. The van der Waals surface area contributed by atoms with Crippen molar-refractivity contribution in [3.63, 3.8) is 0 Å². The van der Waals surface area contributed by atoms with Gasteiger partial charge in [0.2, 0.25) is 0 Å². The summed E-state index contributed by atoms with van der Waals surface area (Å²) in [5.74, 6) is 1.56. The summed E-state index contributed by atoms with van der Waals surface area (Å²) in [6, 6.07) is 9.28. The van der Waals surface area contributed by atoms with E-state index in [0.29, 0.717) is 6.33 Å². The summed E-state index contributed by atoms with van der Waals surface area (Å²) in [6.45, 7) is 2.23. The second-order valence-corrected chi connectivity index (χ2v) is 6.15. The molecule has 0 nitrogen and oxygen atoms in total. The highest BCUT2D eigenvalue weighted by atomic mass is 19.1. The van der Waals surface area contributed by atoms with E-state index in [1.165, 1.54) is 49.7 Å². The van der Waals surface area contributed by atoms with Gasteiger partial charge in [0.25, 0.3) is 0 Å². The zero-order chi connectivity index (χ0) is 14.2. The Balaban J connectivity index is 1.80. The Labute approximate surface area is 123 Å². The summed E-state index contributed by atoms with van der Waals surface area (Å²) in [6.07, 6.45) is 12.0. The predicted octanol–water partition coefficient (Wildman–Crippen LogP) is 6.18. The van der Waals surface area contributed by atoms with Gasteiger partial charge in [0.1, 0.15) is 0 Å². The van der Waals surface area contributed by atoms with Gasteiger partial charge < -0.3 is 0 Å². The number of allylic oxidation sites excluding steroid dienone is 1. The fraction of sp³-hybridized carbons (Fsp3) is 0.579. The predicted molar refractivity (Wildman–Crippen MR) is 84.6 cm³/mol. The van der Waals surface area contributed by atoms with Crippen LogP contribution in [0.15, 0.2) is 36.7 Å². The largest absolute Gasteiger partial charge is 0.216 e. The highest BCUT2D eigenvalue weighted by molar-refractivity contribution is 5.25. The van der Waals surface area contributed by atoms with Crippen LogP contribution < -0.4 is 0 Å². The van der Waals surface area contributed by atoms with Crippen LogP contribution in [0.2, 0.25) is 0 Å². The van der Waals surface area contributed by atoms with E-state index >= 15 is 0 Å². The molecule has 0 saturated heterocycles. The first-order valence-electron chi connectivity index (χ1n) is 8.17. The molecule has 0 spiro atoms. The summed E-state index contributed by atoms with van der Waals surface area (Å²) in [5.41, 5.74) is 2.98. The Kier molecular flexibility index (Phi) is 6.29. The molecule has 0 N–H and O–H groups in total. The summed E-state index contributed by atoms with van der Waals surface area (Å²) in [7, 11) is 0. The molecular formula is C19H27F. The molecular weight excluding hydrogens is 247 g/mol. The maximum atomic E-state index is 11.9. The van der Waals surface area contributed by atoms with Crippen molar-refractivity contribution in [3.8, 4) is 0 Å². The van der Waals surface area contributed by atoms with Gasteiger partial charge in [-0.05, 0) is 67.9 Å². The molecule has 0 unspecified atom stereocenters. The molecule has 0 radical (unpaired) electrons. The average molecular weight is 274 g/mol. The van der Waals surface area contributed by atoms with E-state index in [1.54, 1.807) is 6.08 Å². The van der Waals surface area contributed by atoms with Crippen LogP contribution in [-0.2, 0) is 6.42 Å². The third-order valence-electron chi connectivity index (χ3n) is 4.67. The Morgan fingerprint density at radius 1 is 1.10 bits per heavy atom. The quantitative estimate of drug-likeness (QED) is 0.581. The van der Waals surface area contributed by atoms with Crippen LogP contribution in [0.4, 0.5) is 4.39 Å². The fourth-order valence-electron chi connectivity index (χ4n) is 3.42. The summed E-state index contributed by atoms with van der Waals surface area (Å²) < 4.78 is 11.9. The van der Waals surface area contributed by atoms with Gasteiger partial charge in [0.05, 0.1) is 6.33 Å². The smallest absolute Gasteiger partial charge is 0.0827 e. The molecule has 2 rings (SSSR count). The SMILES string of the molecule is CCCc1ccc(C2CCC(CCC=CF)CC2)cc1. The molecule has 0 bridgehead atoms. The minimum Gasteiger partial charge on any atom is -0.216 e. The number of aryl methyl sites for hydroxylation is 1. The van der Waals surface area contributed by atoms with Crippen molar-refractivity contribution in [1.29, 1.82) is 0 Å². The Morgan fingerprint density at radius 3 is 2.40 bits per heavy atom. The van der Waals surface area contributed by atoms with Gasteiger partial charge >= 0.3 is 0 Å². The first kappa shape index (κ1) is 15.3. The molecule has 1 aliphatic carbocycles. The summed E-state index contributed by atoms with van der Waals surface area (Å²) in [4.78, 5) is 0. The zero-order valence-corrected chi connectivity index (χ0v) is 12.7. The summed E-state index contributed by atoms with van der Waals surface area (Å²) >= 11 is 0. The van der Waals surface area contributed by atoms with Crippen LogP contribution in [0.3, 0.4) is 0 Å². The fourth-order valence-corrected chi connectivity index (χ4v) is 3.42.